The number of hydrogen-bond donors (Lipinski definition) is 3. The molecule has 0 saturated heterocycles. The average molecular weight is 401 g/mol. The van der Waals surface area contributed by atoms with Gasteiger partial charge in [-0.1, -0.05) is 29.8 Å². The highest BCUT2D eigenvalue weighted by Gasteiger charge is 2.14. The Morgan fingerprint density at radius 3 is 2.59 bits per heavy atom. The summed E-state index contributed by atoms with van der Waals surface area (Å²) in [6, 6.07) is 12.3. The SMILES string of the molecule is Cc1cccc(NC(=O)Nc2nc(C(=O)Nc3cccc(Cl)c3C)cs2)c1. The lowest BCUT2D eigenvalue weighted by Gasteiger charge is -2.08. The molecular formula is C19H17ClN4O2S. The van der Waals surface area contributed by atoms with E-state index in [1.807, 2.05) is 32.0 Å². The predicted octanol–water partition coefficient (Wildman–Crippen LogP) is 5.31. The Labute approximate surface area is 165 Å². The van der Waals surface area contributed by atoms with Gasteiger partial charge >= 0.3 is 6.03 Å². The number of aromatic nitrogens is 1. The van der Waals surface area contributed by atoms with Crippen molar-refractivity contribution >= 4 is 51.4 Å². The summed E-state index contributed by atoms with van der Waals surface area (Å²) in [6.45, 7) is 3.76. The van der Waals surface area contributed by atoms with Crippen molar-refractivity contribution in [1.29, 1.82) is 0 Å². The molecule has 0 bridgehead atoms. The van der Waals surface area contributed by atoms with E-state index < -0.39 is 6.03 Å². The molecule has 0 saturated carbocycles. The van der Waals surface area contributed by atoms with Crippen LogP contribution in [0.25, 0.3) is 0 Å². The van der Waals surface area contributed by atoms with E-state index in [4.69, 9.17) is 11.6 Å². The van der Waals surface area contributed by atoms with Gasteiger partial charge in [-0.3, -0.25) is 10.1 Å². The molecule has 0 aliphatic heterocycles. The number of rotatable bonds is 4. The smallest absolute Gasteiger partial charge is 0.320 e. The summed E-state index contributed by atoms with van der Waals surface area (Å²) in [5.74, 6) is -0.372. The molecule has 3 amide bonds. The Balaban J connectivity index is 1.63. The van der Waals surface area contributed by atoms with Crippen molar-refractivity contribution in [2.45, 2.75) is 13.8 Å². The third kappa shape index (κ3) is 4.84. The number of halogens is 1. The topological polar surface area (TPSA) is 83.1 Å². The fraction of sp³-hybridized carbons (Fsp3) is 0.105. The molecule has 8 heteroatoms. The number of thiazole rings is 1. The van der Waals surface area contributed by atoms with Gasteiger partial charge in [-0.2, -0.15) is 0 Å². The number of nitrogens with zero attached hydrogens (tertiary/aromatic N) is 1. The fourth-order valence-corrected chi connectivity index (χ4v) is 3.21. The predicted molar refractivity (Wildman–Crippen MR) is 110 cm³/mol. The van der Waals surface area contributed by atoms with Crippen LogP contribution >= 0.6 is 22.9 Å². The van der Waals surface area contributed by atoms with E-state index in [0.717, 1.165) is 11.1 Å². The molecule has 138 valence electrons. The molecule has 3 aromatic rings. The number of nitrogens with one attached hydrogen (secondary N) is 3. The van der Waals surface area contributed by atoms with Gasteiger partial charge in [0.05, 0.1) is 0 Å². The molecule has 0 atom stereocenters. The summed E-state index contributed by atoms with van der Waals surface area (Å²) in [7, 11) is 0. The maximum absolute atomic E-state index is 12.4. The van der Waals surface area contributed by atoms with Crippen LogP contribution in [0.15, 0.2) is 47.8 Å². The first-order valence-corrected chi connectivity index (χ1v) is 9.35. The number of anilines is 3. The van der Waals surface area contributed by atoms with Gasteiger partial charge in [0.1, 0.15) is 5.69 Å². The number of carbonyl (C=O) groups excluding carboxylic acids is 2. The Bertz CT molecular complexity index is 1000. The molecule has 3 rings (SSSR count). The van der Waals surface area contributed by atoms with Crippen LogP contribution in [0.2, 0.25) is 5.02 Å². The summed E-state index contributed by atoms with van der Waals surface area (Å²) in [6.07, 6.45) is 0. The molecule has 0 aliphatic carbocycles. The molecule has 0 radical (unpaired) electrons. The van der Waals surface area contributed by atoms with Crippen LogP contribution in [-0.2, 0) is 0 Å². The van der Waals surface area contributed by atoms with E-state index in [9.17, 15) is 9.59 Å². The Hall–Kier alpha value is -2.90. The molecule has 0 spiro atoms. The molecule has 3 N–H and O–H groups in total. The largest absolute Gasteiger partial charge is 0.325 e. The second kappa shape index (κ2) is 8.20. The lowest BCUT2D eigenvalue weighted by atomic mass is 10.2. The zero-order chi connectivity index (χ0) is 19.4. The molecule has 0 fully saturated rings. The molecular weight excluding hydrogens is 384 g/mol. The average Bonchev–Trinajstić information content (AvgIpc) is 3.07. The summed E-state index contributed by atoms with van der Waals surface area (Å²) < 4.78 is 0. The fourth-order valence-electron chi connectivity index (χ4n) is 2.35. The first-order chi connectivity index (χ1) is 12.9. The summed E-state index contributed by atoms with van der Waals surface area (Å²) in [5, 5.41) is 10.6. The van der Waals surface area contributed by atoms with Gasteiger partial charge in [0.2, 0.25) is 0 Å². The number of urea groups is 1. The van der Waals surface area contributed by atoms with E-state index in [2.05, 4.69) is 20.9 Å². The van der Waals surface area contributed by atoms with Crippen molar-refractivity contribution in [2.75, 3.05) is 16.0 Å². The van der Waals surface area contributed by atoms with Crippen LogP contribution in [0, 0.1) is 13.8 Å². The third-order valence-corrected chi connectivity index (χ3v) is 4.92. The highest BCUT2D eigenvalue weighted by atomic mass is 35.5. The van der Waals surface area contributed by atoms with Crippen molar-refractivity contribution in [3.05, 3.63) is 69.7 Å². The van der Waals surface area contributed by atoms with Crippen LogP contribution < -0.4 is 16.0 Å². The third-order valence-electron chi connectivity index (χ3n) is 3.75. The maximum Gasteiger partial charge on any atom is 0.325 e. The van der Waals surface area contributed by atoms with Crippen molar-refractivity contribution in [3.63, 3.8) is 0 Å². The van der Waals surface area contributed by atoms with Crippen LogP contribution in [0.5, 0.6) is 0 Å². The summed E-state index contributed by atoms with van der Waals surface area (Å²) in [5.41, 5.74) is 3.33. The molecule has 2 aromatic carbocycles. The van der Waals surface area contributed by atoms with Crippen LogP contribution in [0.1, 0.15) is 21.6 Å². The second-order valence-electron chi connectivity index (χ2n) is 5.85. The van der Waals surface area contributed by atoms with Gasteiger partial charge in [-0.15, -0.1) is 11.3 Å². The van der Waals surface area contributed by atoms with Gasteiger partial charge in [0.15, 0.2) is 5.13 Å². The zero-order valence-corrected chi connectivity index (χ0v) is 16.2. The highest BCUT2D eigenvalue weighted by Crippen LogP contribution is 2.24. The maximum atomic E-state index is 12.4. The lowest BCUT2D eigenvalue weighted by molar-refractivity contribution is 0.102. The van der Waals surface area contributed by atoms with E-state index in [1.165, 1.54) is 11.3 Å². The van der Waals surface area contributed by atoms with Crippen molar-refractivity contribution in [2.24, 2.45) is 0 Å². The minimum absolute atomic E-state index is 0.213. The van der Waals surface area contributed by atoms with Gasteiger partial charge in [-0.25, -0.2) is 9.78 Å². The quantitative estimate of drug-likeness (QED) is 0.555. The van der Waals surface area contributed by atoms with Gasteiger partial charge in [0, 0.05) is 21.8 Å². The normalized spacial score (nSPS) is 10.3. The molecule has 6 nitrogen and oxygen atoms in total. The monoisotopic (exact) mass is 400 g/mol. The van der Waals surface area contributed by atoms with Crippen molar-refractivity contribution in [1.82, 2.24) is 4.98 Å². The minimum atomic E-state index is -0.424. The van der Waals surface area contributed by atoms with E-state index in [1.54, 1.807) is 29.6 Å². The molecule has 1 heterocycles. The second-order valence-corrected chi connectivity index (χ2v) is 7.12. The van der Waals surface area contributed by atoms with Gasteiger partial charge in [-0.05, 0) is 49.2 Å². The molecule has 0 aliphatic rings. The molecule has 27 heavy (non-hydrogen) atoms. The molecule has 0 unspecified atom stereocenters. The number of amides is 3. The van der Waals surface area contributed by atoms with E-state index >= 15 is 0 Å². The summed E-state index contributed by atoms with van der Waals surface area (Å²) in [4.78, 5) is 28.6. The number of hydrogen-bond acceptors (Lipinski definition) is 4. The zero-order valence-electron chi connectivity index (χ0n) is 14.7. The number of benzene rings is 2. The van der Waals surface area contributed by atoms with E-state index in [0.29, 0.717) is 21.5 Å². The first kappa shape index (κ1) is 18.9. The van der Waals surface area contributed by atoms with E-state index in [-0.39, 0.29) is 11.6 Å². The Morgan fingerprint density at radius 1 is 1.04 bits per heavy atom. The standard InChI is InChI=1S/C19H17ClN4O2S/c1-11-5-3-6-13(9-11)21-18(26)24-19-23-16(10-27-19)17(25)22-15-8-4-7-14(20)12(15)2/h3-10H,1-2H3,(H,22,25)(H2,21,23,24,26). The van der Waals surface area contributed by atoms with Gasteiger partial charge in [0.25, 0.3) is 5.91 Å². The van der Waals surface area contributed by atoms with Crippen LogP contribution in [-0.4, -0.2) is 16.9 Å². The summed E-state index contributed by atoms with van der Waals surface area (Å²) >= 11 is 7.23. The highest BCUT2D eigenvalue weighted by molar-refractivity contribution is 7.14. The lowest BCUT2D eigenvalue weighted by Crippen LogP contribution is -2.19. The van der Waals surface area contributed by atoms with Crippen LogP contribution in [0.3, 0.4) is 0 Å². The van der Waals surface area contributed by atoms with Crippen LogP contribution in [0.4, 0.5) is 21.3 Å². The van der Waals surface area contributed by atoms with Crippen molar-refractivity contribution < 1.29 is 9.59 Å². The number of aryl methyl sites for hydroxylation is 1. The number of carbonyl (C=O) groups is 2. The first-order valence-electron chi connectivity index (χ1n) is 8.09. The molecule has 1 aromatic heterocycles. The van der Waals surface area contributed by atoms with Crippen molar-refractivity contribution in [3.8, 4) is 0 Å². The Kier molecular flexibility index (Phi) is 5.73. The minimum Gasteiger partial charge on any atom is -0.320 e. The van der Waals surface area contributed by atoms with Gasteiger partial charge < -0.3 is 10.6 Å². The Morgan fingerprint density at radius 2 is 1.81 bits per heavy atom.